The summed E-state index contributed by atoms with van der Waals surface area (Å²) in [6.45, 7) is 6.37. The summed E-state index contributed by atoms with van der Waals surface area (Å²) in [6.07, 6.45) is 5.98. The van der Waals surface area contributed by atoms with E-state index in [1.807, 2.05) is 17.8 Å². The SMILES string of the molecule is C=CCSc1ccccc1NC1CCN2CCCC12. The van der Waals surface area contributed by atoms with Gasteiger partial charge in [-0.15, -0.1) is 18.3 Å². The van der Waals surface area contributed by atoms with Gasteiger partial charge in [-0.25, -0.2) is 0 Å². The number of anilines is 1. The van der Waals surface area contributed by atoms with Crippen LogP contribution >= 0.6 is 11.8 Å². The summed E-state index contributed by atoms with van der Waals surface area (Å²) in [5.74, 6) is 0.971. The second-order valence-electron chi connectivity index (χ2n) is 5.38. The van der Waals surface area contributed by atoms with Crippen LogP contribution in [-0.2, 0) is 0 Å². The van der Waals surface area contributed by atoms with Gasteiger partial charge in [0.2, 0.25) is 0 Å². The molecule has 0 aromatic heterocycles. The molecule has 2 aliphatic heterocycles. The van der Waals surface area contributed by atoms with Gasteiger partial charge in [-0.2, -0.15) is 0 Å². The Kier molecular flexibility index (Phi) is 4.14. The van der Waals surface area contributed by atoms with Crippen molar-refractivity contribution in [3.63, 3.8) is 0 Å². The van der Waals surface area contributed by atoms with Gasteiger partial charge in [-0.3, -0.25) is 4.90 Å². The summed E-state index contributed by atoms with van der Waals surface area (Å²) in [6, 6.07) is 10.1. The Labute approximate surface area is 120 Å². The zero-order valence-corrected chi connectivity index (χ0v) is 12.2. The molecule has 1 N–H and O–H groups in total. The fraction of sp³-hybridized carbons (Fsp3) is 0.500. The molecule has 0 aliphatic carbocycles. The Morgan fingerprint density at radius 1 is 1.32 bits per heavy atom. The molecule has 1 aromatic carbocycles. The Hall–Kier alpha value is -0.930. The van der Waals surface area contributed by atoms with Crippen LogP contribution in [0.15, 0.2) is 41.8 Å². The first-order chi connectivity index (χ1) is 9.38. The van der Waals surface area contributed by atoms with Crippen molar-refractivity contribution in [2.45, 2.75) is 36.2 Å². The molecule has 19 heavy (non-hydrogen) atoms. The number of nitrogens with zero attached hydrogens (tertiary/aromatic N) is 1. The fourth-order valence-electron chi connectivity index (χ4n) is 3.31. The lowest BCUT2D eigenvalue weighted by Crippen LogP contribution is -2.33. The molecule has 0 spiro atoms. The van der Waals surface area contributed by atoms with Crippen LogP contribution in [0.2, 0.25) is 0 Å². The average Bonchev–Trinajstić information content (AvgIpc) is 3.03. The van der Waals surface area contributed by atoms with Gasteiger partial charge in [0.15, 0.2) is 0 Å². The van der Waals surface area contributed by atoms with E-state index in [1.54, 1.807) is 0 Å². The largest absolute Gasteiger partial charge is 0.380 e. The topological polar surface area (TPSA) is 15.3 Å². The van der Waals surface area contributed by atoms with Crippen molar-refractivity contribution in [1.82, 2.24) is 4.90 Å². The summed E-state index contributed by atoms with van der Waals surface area (Å²) in [5, 5.41) is 3.79. The average molecular weight is 274 g/mol. The maximum atomic E-state index is 3.80. The van der Waals surface area contributed by atoms with Gasteiger partial charge < -0.3 is 5.32 Å². The highest BCUT2D eigenvalue weighted by Gasteiger charge is 2.37. The highest BCUT2D eigenvalue weighted by molar-refractivity contribution is 7.99. The van der Waals surface area contributed by atoms with Gasteiger partial charge in [0, 0.05) is 35.0 Å². The van der Waals surface area contributed by atoms with Crippen molar-refractivity contribution in [2.75, 3.05) is 24.2 Å². The van der Waals surface area contributed by atoms with E-state index in [9.17, 15) is 0 Å². The predicted octanol–water partition coefficient (Wildman–Crippen LogP) is 3.61. The third kappa shape index (κ3) is 2.82. The molecule has 3 rings (SSSR count). The summed E-state index contributed by atoms with van der Waals surface area (Å²) in [5.41, 5.74) is 1.30. The minimum absolute atomic E-state index is 0.632. The molecule has 2 saturated heterocycles. The lowest BCUT2D eigenvalue weighted by molar-refractivity contribution is 0.318. The Morgan fingerprint density at radius 3 is 3.11 bits per heavy atom. The van der Waals surface area contributed by atoms with Crippen molar-refractivity contribution in [3.8, 4) is 0 Å². The van der Waals surface area contributed by atoms with E-state index in [2.05, 4.69) is 41.1 Å². The van der Waals surface area contributed by atoms with Crippen molar-refractivity contribution >= 4 is 17.4 Å². The van der Waals surface area contributed by atoms with Crippen molar-refractivity contribution < 1.29 is 0 Å². The van der Waals surface area contributed by atoms with Crippen LogP contribution in [0.3, 0.4) is 0 Å². The van der Waals surface area contributed by atoms with Gasteiger partial charge in [0.1, 0.15) is 0 Å². The van der Waals surface area contributed by atoms with E-state index in [4.69, 9.17) is 0 Å². The number of rotatable bonds is 5. The van der Waals surface area contributed by atoms with Crippen molar-refractivity contribution in [3.05, 3.63) is 36.9 Å². The molecule has 0 amide bonds. The van der Waals surface area contributed by atoms with Gasteiger partial charge in [0.05, 0.1) is 0 Å². The number of fused-ring (bicyclic) bond motifs is 1. The van der Waals surface area contributed by atoms with Crippen LogP contribution in [0.25, 0.3) is 0 Å². The zero-order chi connectivity index (χ0) is 13.1. The molecule has 1 aromatic rings. The summed E-state index contributed by atoms with van der Waals surface area (Å²) >= 11 is 1.86. The monoisotopic (exact) mass is 274 g/mol. The summed E-state index contributed by atoms with van der Waals surface area (Å²) in [4.78, 5) is 4.00. The number of hydrogen-bond acceptors (Lipinski definition) is 3. The first-order valence-corrected chi connectivity index (χ1v) is 8.20. The van der Waals surface area contributed by atoms with Gasteiger partial charge in [-0.05, 0) is 37.9 Å². The first-order valence-electron chi connectivity index (χ1n) is 7.22. The molecular weight excluding hydrogens is 252 g/mol. The van der Waals surface area contributed by atoms with Crippen LogP contribution in [0, 0.1) is 0 Å². The number of thioether (sulfide) groups is 1. The molecule has 2 heterocycles. The fourth-order valence-corrected chi connectivity index (χ4v) is 4.07. The van der Waals surface area contributed by atoms with Crippen molar-refractivity contribution in [1.29, 1.82) is 0 Å². The molecule has 0 saturated carbocycles. The number of para-hydroxylation sites is 1. The van der Waals surface area contributed by atoms with E-state index in [0.29, 0.717) is 6.04 Å². The zero-order valence-electron chi connectivity index (χ0n) is 11.3. The summed E-state index contributed by atoms with van der Waals surface area (Å²) < 4.78 is 0. The highest BCUT2D eigenvalue weighted by atomic mass is 32.2. The molecule has 2 fully saturated rings. The van der Waals surface area contributed by atoms with Crippen LogP contribution < -0.4 is 5.32 Å². The number of benzene rings is 1. The van der Waals surface area contributed by atoms with Crippen LogP contribution in [0.1, 0.15) is 19.3 Å². The minimum Gasteiger partial charge on any atom is -0.380 e. The molecular formula is C16H22N2S. The highest BCUT2D eigenvalue weighted by Crippen LogP contribution is 2.33. The molecule has 0 bridgehead atoms. The Morgan fingerprint density at radius 2 is 2.21 bits per heavy atom. The Bertz CT molecular complexity index is 446. The Balaban J connectivity index is 1.70. The quantitative estimate of drug-likeness (QED) is 0.652. The van der Waals surface area contributed by atoms with E-state index in [0.717, 1.165) is 11.8 Å². The standard InChI is InChI=1S/C16H22N2S/c1-2-12-19-16-8-4-3-6-14(16)17-13-9-11-18-10-5-7-15(13)18/h2-4,6,8,13,15,17H,1,5,7,9-12H2. The minimum atomic E-state index is 0.632. The molecule has 2 aliphatic rings. The maximum Gasteiger partial charge on any atom is 0.0481 e. The molecule has 2 unspecified atom stereocenters. The molecule has 2 nitrogen and oxygen atoms in total. The third-order valence-electron chi connectivity index (χ3n) is 4.19. The summed E-state index contributed by atoms with van der Waals surface area (Å²) in [7, 11) is 0. The van der Waals surface area contributed by atoms with E-state index >= 15 is 0 Å². The van der Waals surface area contributed by atoms with E-state index in [-0.39, 0.29) is 0 Å². The van der Waals surface area contributed by atoms with E-state index < -0.39 is 0 Å². The molecule has 102 valence electrons. The van der Waals surface area contributed by atoms with Gasteiger partial charge in [-0.1, -0.05) is 18.2 Å². The first kappa shape index (κ1) is 13.1. The lowest BCUT2D eigenvalue weighted by atomic mass is 10.1. The third-order valence-corrected chi connectivity index (χ3v) is 5.26. The van der Waals surface area contributed by atoms with Gasteiger partial charge in [0.25, 0.3) is 0 Å². The molecule has 2 atom stereocenters. The molecule has 3 heteroatoms. The number of hydrogen-bond donors (Lipinski definition) is 1. The predicted molar refractivity (Wildman–Crippen MR) is 84.0 cm³/mol. The van der Waals surface area contributed by atoms with Crippen LogP contribution in [-0.4, -0.2) is 35.8 Å². The van der Waals surface area contributed by atoms with Crippen LogP contribution in [0.4, 0.5) is 5.69 Å². The molecule has 0 radical (unpaired) electrons. The second-order valence-corrected chi connectivity index (χ2v) is 6.44. The number of nitrogens with one attached hydrogen (secondary N) is 1. The van der Waals surface area contributed by atoms with Crippen LogP contribution in [0.5, 0.6) is 0 Å². The normalized spacial score (nSPS) is 26.3. The lowest BCUT2D eigenvalue weighted by Gasteiger charge is -2.23. The van der Waals surface area contributed by atoms with Crippen molar-refractivity contribution in [2.24, 2.45) is 0 Å². The second kappa shape index (κ2) is 6.02. The maximum absolute atomic E-state index is 3.80. The van der Waals surface area contributed by atoms with E-state index in [1.165, 1.54) is 42.9 Å². The van der Waals surface area contributed by atoms with Gasteiger partial charge >= 0.3 is 0 Å². The smallest absolute Gasteiger partial charge is 0.0481 e.